The van der Waals surface area contributed by atoms with Gasteiger partial charge in [-0.3, -0.25) is 0 Å². The number of ether oxygens (including phenoxy) is 1. The molecule has 1 unspecified atom stereocenters. The molecule has 1 atom stereocenters. The smallest absolute Gasteiger partial charge is 0.408 e. The minimum absolute atomic E-state index is 0.357. The molecule has 0 aliphatic rings. The minimum Gasteiger partial charge on any atom is -0.450 e. The van der Waals surface area contributed by atoms with Crippen LogP contribution in [0.2, 0.25) is 0 Å². The van der Waals surface area contributed by atoms with E-state index in [2.05, 4.69) is 11.2 Å². The Kier molecular flexibility index (Phi) is 4.20. The van der Waals surface area contributed by atoms with E-state index >= 15 is 0 Å². The van der Waals surface area contributed by atoms with Gasteiger partial charge < -0.3 is 10.1 Å². The van der Waals surface area contributed by atoms with Crippen LogP contribution in [0.15, 0.2) is 0 Å². The number of rotatable bonds is 3. The van der Waals surface area contributed by atoms with Crippen molar-refractivity contribution in [1.29, 1.82) is 0 Å². The van der Waals surface area contributed by atoms with Crippen LogP contribution in [0.4, 0.5) is 4.79 Å². The quantitative estimate of drug-likeness (QED) is 0.651. The molecule has 0 saturated carbocycles. The lowest BCUT2D eigenvalue weighted by Crippen LogP contribution is -2.44. The molecule has 0 aliphatic heterocycles. The second-order valence-corrected chi connectivity index (χ2v) is 2.68. The van der Waals surface area contributed by atoms with Crippen molar-refractivity contribution < 1.29 is 9.53 Å². The van der Waals surface area contributed by atoms with Crippen LogP contribution >= 0.6 is 0 Å². The zero-order valence-electron chi connectivity index (χ0n) is 7.81. The fraction of sp³-hybridized carbons (Fsp3) is 0.667. The summed E-state index contributed by atoms with van der Waals surface area (Å²) in [5, 5.41) is 2.60. The summed E-state index contributed by atoms with van der Waals surface area (Å²) >= 11 is 0. The van der Waals surface area contributed by atoms with E-state index in [1.165, 1.54) is 0 Å². The molecule has 12 heavy (non-hydrogen) atoms. The normalized spacial score (nSPS) is 14.2. The highest BCUT2D eigenvalue weighted by molar-refractivity contribution is 5.68. The molecule has 0 saturated heterocycles. The molecular weight excluding hydrogens is 154 g/mol. The zero-order chi connectivity index (χ0) is 9.61. The molecule has 0 aromatic heterocycles. The highest BCUT2D eigenvalue weighted by Crippen LogP contribution is 2.06. The molecule has 1 amide bonds. The topological polar surface area (TPSA) is 38.3 Å². The van der Waals surface area contributed by atoms with Crippen molar-refractivity contribution in [1.82, 2.24) is 5.32 Å². The molecule has 0 bridgehead atoms. The lowest BCUT2D eigenvalue weighted by molar-refractivity contribution is 0.144. The van der Waals surface area contributed by atoms with E-state index in [0.717, 1.165) is 0 Å². The van der Waals surface area contributed by atoms with E-state index in [1.807, 2.05) is 6.92 Å². The average molecular weight is 169 g/mol. The van der Waals surface area contributed by atoms with Crippen molar-refractivity contribution >= 4 is 6.09 Å². The molecular formula is C9H15NO2. The van der Waals surface area contributed by atoms with Gasteiger partial charge in [-0.15, -0.1) is 6.42 Å². The number of amides is 1. The standard InChI is InChI=1S/C9H15NO2/c1-5-9(4,6-2)10-8(11)12-7-3/h1H,6-7H2,2-4H3,(H,10,11). The van der Waals surface area contributed by atoms with Crippen LogP contribution in [-0.2, 0) is 4.74 Å². The molecule has 0 heterocycles. The van der Waals surface area contributed by atoms with Gasteiger partial charge in [-0.2, -0.15) is 0 Å². The van der Waals surface area contributed by atoms with Gasteiger partial charge in [0.1, 0.15) is 5.54 Å². The Bertz CT molecular complexity index is 195. The van der Waals surface area contributed by atoms with Gasteiger partial charge in [-0.25, -0.2) is 4.79 Å². The van der Waals surface area contributed by atoms with Gasteiger partial charge in [0.15, 0.2) is 0 Å². The summed E-state index contributed by atoms with van der Waals surface area (Å²) < 4.78 is 4.70. The van der Waals surface area contributed by atoms with Gasteiger partial charge in [0.25, 0.3) is 0 Å². The Morgan fingerprint density at radius 1 is 1.67 bits per heavy atom. The molecule has 68 valence electrons. The molecule has 0 aromatic rings. The van der Waals surface area contributed by atoms with E-state index in [1.54, 1.807) is 13.8 Å². The number of hydrogen-bond acceptors (Lipinski definition) is 2. The number of hydrogen-bond donors (Lipinski definition) is 1. The molecule has 0 aliphatic carbocycles. The van der Waals surface area contributed by atoms with E-state index in [4.69, 9.17) is 11.2 Å². The largest absolute Gasteiger partial charge is 0.450 e. The Morgan fingerprint density at radius 3 is 2.58 bits per heavy atom. The summed E-state index contributed by atoms with van der Waals surface area (Å²) in [6.45, 7) is 5.80. The summed E-state index contributed by atoms with van der Waals surface area (Å²) in [6.07, 6.45) is 5.47. The molecule has 1 N–H and O–H groups in total. The highest BCUT2D eigenvalue weighted by atomic mass is 16.5. The number of alkyl carbamates (subject to hydrolysis) is 1. The number of nitrogens with one attached hydrogen (secondary N) is 1. The number of carbonyl (C=O) groups excluding carboxylic acids is 1. The highest BCUT2D eigenvalue weighted by Gasteiger charge is 2.21. The minimum atomic E-state index is -0.591. The van der Waals surface area contributed by atoms with Crippen LogP contribution in [0.1, 0.15) is 27.2 Å². The first-order chi connectivity index (χ1) is 5.58. The summed E-state index contributed by atoms with van der Waals surface area (Å²) in [5.74, 6) is 2.51. The fourth-order valence-electron chi connectivity index (χ4n) is 0.619. The second-order valence-electron chi connectivity index (χ2n) is 2.68. The Hall–Kier alpha value is -1.17. The van der Waals surface area contributed by atoms with E-state index in [-0.39, 0.29) is 0 Å². The predicted molar refractivity (Wildman–Crippen MR) is 47.7 cm³/mol. The van der Waals surface area contributed by atoms with Gasteiger partial charge in [-0.05, 0) is 20.3 Å². The summed E-state index contributed by atoms with van der Waals surface area (Å²) in [4.78, 5) is 10.9. The Labute approximate surface area is 73.5 Å². The van der Waals surface area contributed by atoms with Gasteiger partial charge in [0, 0.05) is 0 Å². The lowest BCUT2D eigenvalue weighted by Gasteiger charge is -2.22. The lowest BCUT2D eigenvalue weighted by atomic mass is 10.0. The Morgan fingerprint density at radius 2 is 2.25 bits per heavy atom. The second kappa shape index (κ2) is 4.66. The SMILES string of the molecule is C#CC(C)(CC)NC(=O)OCC. The molecule has 0 fully saturated rings. The number of carbonyl (C=O) groups is 1. The third-order valence-electron chi connectivity index (χ3n) is 1.68. The predicted octanol–water partition coefficient (Wildman–Crippen LogP) is 1.53. The van der Waals surface area contributed by atoms with Crippen molar-refractivity contribution in [3.63, 3.8) is 0 Å². The summed E-state index contributed by atoms with van der Waals surface area (Å²) in [5.41, 5.74) is -0.591. The van der Waals surface area contributed by atoms with Crippen molar-refractivity contribution in [2.45, 2.75) is 32.7 Å². The number of terminal acetylenes is 1. The van der Waals surface area contributed by atoms with E-state index in [9.17, 15) is 4.79 Å². The van der Waals surface area contributed by atoms with Crippen molar-refractivity contribution in [2.24, 2.45) is 0 Å². The Balaban J connectivity index is 4.05. The third kappa shape index (κ3) is 3.29. The van der Waals surface area contributed by atoms with Gasteiger partial charge in [0.05, 0.1) is 6.61 Å². The first-order valence-corrected chi connectivity index (χ1v) is 4.00. The van der Waals surface area contributed by atoms with Crippen LogP contribution in [0.3, 0.4) is 0 Å². The first-order valence-electron chi connectivity index (χ1n) is 4.00. The molecule has 0 spiro atoms. The van der Waals surface area contributed by atoms with Crippen LogP contribution in [-0.4, -0.2) is 18.2 Å². The van der Waals surface area contributed by atoms with Crippen LogP contribution in [0, 0.1) is 12.3 Å². The van der Waals surface area contributed by atoms with Gasteiger partial charge in [-0.1, -0.05) is 12.8 Å². The first kappa shape index (κ1) is 10.8. The summed E-state index contributed by atoms with van der Waals surface area (Å²) in [7, 11) is 0. The maximum Gasteiger partial charge on any atom is 0.408 e. The monoisotopic (exact) mass is 169 g/mol. The molecule has 0 aromatic carbocycles. The van der Waals surface area contributed by atoms with E-state index < -0.39 is 11.6 Å². The van der Waals surface area contributed by atoms with E-state index in [0.29, 0.717) is 13.0 Å². The fourth-order valence-corrected chi connectivity index (χ4v) is 0.619. The van der Waals surface area contributed by atoms with Crippen molar-refractivity contribution in [3.8, 4) is 12.3 Å². The van der Waals surface area contributed by atoms with Gasteiger partial charge in [0.2, 0.25) is 0 Å². The maximum absolute atomic E-state index is 10.9. The average Bonchev–Trinajstić information content (AvgIpc) is 2.05. The molecule has 3 nitrogen and oxygen atoms in total. The zero-order valence-corrected chi connectivity index (χ0v) is 7.81. The van der Waals surface area contributed by atoms with Crippen molar-refractivity contribution in [3.05, 3.63) is 0 Å². The third-order valence-corrected chi connectivity index (χ3v) is 1.68. The molecule has 0 radical (unpaired) electrons. The van der Waals surface area contributed by atoms with Crippen molar-refractivity contribution in [2.75, 3.05) is 6.61 Å². The van der Waals surface area contributed by atoms with Crippen LogP contribution < -0.4 is 5.32 Å². The summed E-state index contributed by atoms with van der Waals surface area (Å²) in [6, 6.07) is 0. The maximum atomic E-state index is 10.9. The van der Waals surface area contributed by atoms with Crippen LogP contribution in [0.25, 0.3) is 0 Å². The molecule has 0 rings (SSSR count). The van der Waals surface area contributed by atoms with Gasteiger partial charge >= 0.3 is 6.09 Å². The van der Waals surface area contributed by atoms with Crippen LogP contribution in [0.5, 0.6) is 0 Å². The molecule has 3 heteroatoms.